The Labute approximate surface area is 496 Å². The van der Waals surface area contributed by atoms with Gasteiger partial charge >= 0.3 is 0 Å². The standard InChI is InChI=1S/C76H106O6/c1-24-71(12,13)49-30-32-65(77)55(34-49)44(7)57-36-51(73(16,17)26-3)38-59(67(57)79)46(9)61-40-53(75(20,21)28-5)42-63(69(61)81)48(11)64-43-54(76(22,23)29-6)41-62(70(64)82)47(10)60-39-52(74(18,19)27-4)37-58(68(60)80)45(8)56-35-50(31-33-66(56)78)72(14,15)25-2/h30-48,77-82H,24-29H2,1-23H3. The second-order valence-electron chi connectivity index (χ2n) is 28.6. The molecule has 4 atom stereocenters. The van der Waals surface area contributed by atoms with Crippen LogP contribution in [0, 0.1) is 0 Å². The van der Waals surface area contributed by atoms with E-state index in [-0.39, 0.29) is 78.8 Å². The van der Waals surface area contributed by atoms with E-state index in [9.17, 15) is 30.6 Å². The molecule has 82 heavy (non-hydrogen) atoms. The third-order valence-corrected chi connectivity index (χ3v) is 21.4. The first-order valence-electron chi connectivity index (χ1n) is 31.1. The SMILES string of the molecule is CCC(C)(C)c1ccc(O)c(C(C)c2cc(C(C)(C)CC)cc(C(C)c3cc(C(C)(C)CC)cc(C(C)c4cc(C(C)(C)CC)cc(C(C)c5cc(C(C)(C)CC)cc(C(C)c6cc(C(C)(C)CC)ccc6O)c5O)c4O)c3O)c2O)c1. The molecular weight excluding hydrogens is 1010 g/mol. The Bertz CT molecular complexity index is 3050. The predicted molar refractivity (Wildman–Crippen MR) is 346 cm³/mol. The van der Waals surface area contributed by atoms with Gasteiger partial charge in [0.05, 0.1) is 0 Å². The van der Waals surface area contributed by atoms with Crippen LogP contribution in [0.25, 0.3) is 0 Å². The van der Waals surface area contributed by atoms with E-state index >= 15 is 0 Å². The van der Waals surface area contributed by atoms with Crippen LogP contribution in [-0.4, -0.2) is 30.6 Å². The van der Waals surface area contributed by atoms with Gasteiger partial charge in [0.2, 0.25) is 0 Å². The van der Waals surface area contributed by atoms with Gasteiger partial charge in [-0.05, 0) is 117 Å². The molecule has 446 valence electrons. The molecule has 0 aliphatic carbocycles. The molecule has 0 aliphatic heterocycles. The van der Waals surface area contributed by atoms with Crippen molar-refractivity contribution in [3.8, 4) is 34.5 Å². The molecule has 0 heterocycles. The van der Waals surface area contributed by atoms with Crippen molar-refractivity contribution in [1.82, 2.24) is 0 Å². The van der Waals surface area contributed by atoms with E-state index in [1.807, 2.05) is 12.1 Å². The molecule has 6 N–H and O–H groups in total. The summed E-state index contributed by atoms with van der Waals surface area (Å²) in [5, 5.41) is 74.8. The van der Waals surface area contributed by atoms with Crippen molar-refractivity contribution in [3.63, 3.8) is 0 Å². The molecule has 6 heteroatoms. The molecule has 0 spiro atoms. The molecule has 6 aromatic carbocycles. The normalized spacial score (nSPS) is 14.9. The van der Waals surface area contributed by atoms with E-state index in [2.05, 4.69) is 220 Å². The number of phenols is 6. The summed E-state index contributed by atoms with van der Waals surface area (Å²) in [6, 6.07) is 28.8. The van der Waals surface area contributed by atoms with Gasteiger partial charge in [0.15, 0.2) is 0 Å². The summed E-state index contributed by atoms with van der Waals surface area (Å²) < 4.78 is 0. The maximum atomic E-state index is 13.1. The summed E-state index contributed by atoms with van der Waals surface area (Å²) in [5.41, 5.74) is 12.2. The van der Waals surface area contributed by atoms with Gasteiger partial charge in [-0.15, -0.1) is 0 Å². The monoisotopic (exact) mass is 1110 g/mol. The van der Waals surface area contributed by atoms with Crippen molar-refractivity contribution < 1.29 is 30.6 Å². The van der Waals surface area contributed by atoms with Crippen LogP contribution in [0.1, 0.15) is 316 Å². The van der Waals surface area contributed by atoms with E-state index in [1.54, 1.807) is 12.1 Å². The molecule has 0 saturated carbocycles. The van der Waals surface area contributed by atoms with Crippen LogP contribution in [0.5, 0.6) is 34.5 Å². The number of rotatable bonds is 22. The van der Waals surface area contributed by atoms with Crippen molar-refractivity contribution in [2.24, 2.45) is 0 Å². The van der Waals surface area contributed by atoms with E-state index in [0.717, 1.165) is 94.2 Å². The van der Waals surface area contributed by atoms with Crippen LogP contribution in [0.3, 0.4) is 0 Å². The fraction of sp³-hybridized carbons (Fsp3) is 0.526. The van der Waals surface area contributed by atoms with E-state index in [4.69, 9.17) is 0 Å². The number of hydrogen-bond acceptors (Lipinski definition) is 6. The lowest BCUT2D eigenvalue weighted by molar-refractivity contribution is 0.437. The van der Waals surface area contributed by atoms with Gasteiger partial charge in [-0.2, -0.15) is 0 Å². The van der Waals surface area contributed by atoms with E-state index < -0.39 is 17.8 Å². The lowest BCUT2D eigenvalue weighted by Gasteiger charge is -2.32. The van der Waals surface area contributed by atoms with Gasteiger partial charge in [-0.3, -0.25) is 0 Å². The number of aromatic hydroxyl groups is 6. The maximum absolute atomic E-state index is 13.1. The Hall–Kier alpha value is -5.88. The first-order valence-corrected chi connectivity index (χ1v) is 31.1. The van der Waals surface area contributed by atoms with Gasteiger partial charge in [0.25, 0.3) is 0 Å². The molecule has 6 nitrogen and oxygen atoms in total. The number of phenolic OH excluding ortho intramolecular Hbond substituents is 6. The highest BCUT2D eigenvalue weighted by molar-refractivity contribution is 5.63. The molecule has 6 aromatic rings. The molecule has 0 bridgehead atoms. The first kappa shape index (κ1) is 65.3. The van der Waals surface area contributed by atoms with Crippen molar-refractivity contribution in [2.75, 3.05) is 0 Å². The largest absolute Gasteiger partial charge is 0.508 e. The molecule has 0 amide bonds. The third-order valence-electron chi connectivity index (χ3n) is 21.4. The maximum Gasteiger partial charge on any atom is 0.123 e. The smallest absolute Gasteiger partial charge is 0.123 e. The summed E-state index contributed by atoms with van der Waals surface area (Å²) in [6.45, 7) is 50.1. The lowest BCUT2D eigenvalue weighted by Crippen LogP contribution is -2.19. The van der Waals surface area contributed by atoms with Gasteiger partial charge < -0.3 is 30.6 Å². The minimum absolute atomic E-state index is 0.112. The Morgan fingerprint density at radius 3 is 0.561 bits per heavy atom. The van der Waals surface area contributed by atoms with Crippen LogP contribution >= 0.6 is 0 Å². The molecular formula is C76H106O6. The van der Waals surface area contributed by atoms with Crippen LogP contribution in [0.4, 0.5) is 0 Å². The van der Waals surface area contributed by atoms with E-state index in [0.29, 0.717) is 33.4 Å². The Morgan fingerprint density at radius 2 is 0.390 bits per heavy atom. The second-order valence-corrected chi connectivity index (χ2v) is 28.6. The fourth-order valence-electron chi connectivity index (χ4n) is 11.6. The van der Waals surface area contributed by atoms with Crippen LogP contribution in [0.2, 0.25) is 0 Å². The van der Waals surface area contributed by atoms with Gasteiger partial charge in [-0.1, -0.05) is 232 Å². The summed E-state index contributed by atoms with van der Waals surface area (Å²) in [6.07, 6.45) is 5.23. The summed E-state index contributed by atoms with van der Waals surface area (Å²) in [5.74, 6) is -1.28. The van der Waals surface area contributed by atoms with Gasteiger partial charge in [-0.25, -0.2) is 0 Å². The Morgan fingerprint density at radius 1 is 0.244 bits per heavy atom. The fourth-order valence-corrected chi connectivity index (χ4v) is 11.6. The summed E-state index contributed by atoms with van der Waals surface area (Å²) in [7, 11) is 0. The Kier molecular flexibility index (Phi) is 19.1. The zero-order chi connectivity index (χ0) is 61.7. The van der Waals surface area contributed by atoms with Gasteiger partial charge in [0, 0.05) is 85.2 Å². The average molecular weight is 1120 g/mol. The minimum Gasteiger partial charge on any atom is -0.508 e. The van der Waals surface area contributed by atoms with Crippen molar-refractivity contribution in [3.05, 3.63) is 174 Å². The first-order chi connectivity index (χ1) is 37.9. The molecule has 4 unspecified atom stereocenters. The minimum atomic E-state index is -0.508. The molecule has 0 saturated heterocycles. The quantitative estimate of drug-likeness (QED) is 0.0403. The topological polar surface area (TPSA) is 121 Å². The molecule has 0 radical (unpaired) electrons. The lowest BCUT2D eigenvalue weighted by atomic mass is 9.73. The average Bonchev–Trinajstić information content (AvgIpc) is 2.69. The van der Waals surface area contributed by atoms with Crippen LogP contribution in [-0.2, 0) is 32.5 Å². The number of hydrogen-bond donors (Lipinski definition) is 6. The van der Waals surface area contributed by atoms with Gasteiger partial charge in [0.1, 0.15) is 34.5 Å². The van der Waals surface area contributed by atoms with E-state index in [1.165, 1.54) is 0 Å². The third kappa shape index (κ3) is 12.5. The molecule has 6 rings (SSSR count). The second kappa shape index (κ2) is 24.0. The van der Waals surface area contributed by atoms with Crippen LogP contribution < -0.4 is 0 Å². The van der Waals surface area contributed by atoms with Crippen molar-refractivity contribution in [2.45, 2.75) is 260 Å². The highest BCUT2D eigenvalue weighted by Gasteiger charge is 2.35. The molecule has 0 aromatic heterocycles. The zero-order valence-electron chi connectivity index (χ0n) is 54.9. The number of benzene rings is 6. The Balaban J connectivity index is 1.61. The molecule has 0 fully saturated rings. The van der Waals surface area contributed by atoms with Crippen LogP contribution in [0.15, 0.2) is 84.9 Å². The van der Waals surface area contributed by atoms with Crippen molar-refractivity contribution in [1.29, 1.82) is 0 Å². The highest BCUT2D eigenvalue weighted by atomic mass is 16.3. The summed E-state index contributed by atoms with van der Waals surface area (Å²) in [4.78, 5) is 0. The molecule has 0 aliphatic rings. The summed E-state index contributed by atoms with van der Waals surface area (Å²) >= 11 is 0. The highest BCUT2D eigenvalue weighted by Crippen LogP contribution is 2.52. The van der Waals surface area contributed by atoms with Crippen molar-refractivity contribution >= 4 is 0 Å². The predicted octanol–water partition coefficient (Wildman–Crippen LogP) is 20.8. The zero-order valence-corrected chi connectivity index (χ0v) is 54.9.